The van der Waals surface area contributed by atoms with Crippen molar-refractivity contribution < 1.29 is 0 Å². The van der Waals surface area contributed by atoms with Gasteiger partial charge in [0.2, 0.25) is 0 Å². The average molecular weight is 317 g/mol. The first-order chi connectivity index (χ1) is 9.11. The molecule has 19 heavy (non-hydrogen) atoms. The van der Waals surface area contributed by atoms with E-state index < -0.39 is 0 Å². The van der Waals surface area contributed by atoms with Gasteiger partial charge in [-0.05, 0) is 44.2 Å². The van der Waals surface area contributed by atoms with Crippen molar-refractivity contribution in [3.8, 4) is 0 Å². The molecule has 0 saturated carbocycles. The second-order valence-electron chi connectivity index (χ2n) is 4.47. The zero-order valence-corrected chi connectivity index (χ0v) is 12.2. The minimum absolute atomic E-state index is 0.744. The van der Waals surface area contributed by atoms with Gasteiger partial charge >= 0.3 is 0 Å². The molecule has 0 aliphatic carbocycles. The molecule has 0 unspecified atom stereocenters. The summed E-state index contributed by atoms with van der Waals surface area (Å²) in [5.41, 5.74) is 2.94. The summed E-state index contributed by atoms with van der Waals surface area (Å²) in [6.07, 6.45) is 0. The van der Waals surface area contributed by atoms with Gasteiger partial charge in [-0.1, -0.05) is 15.9 Å². The summed E-state index contributed by atoms with van der Waals surface area (Å²) >= 11 is 3.43. The first kappa shape index (κ1) is 12.2. The van der Waals surface area contributed by atoms with Crippen LogP contribution >= 0.6 is 15.9 Å². The van der Waals surface area contributed by atoms with E-state index >= 15 is 0 Å². The van der Waals surface area contributed by atoms with Gasteiger partial charge in [0, 0.05) is 15.9 Å². The molecule has 0 aliphatic heterocycles. The van der Waals surface area contributed by atoms with Crippen LogP contribution in [0, 0.1) is 13.8 Å². The van der Waals surface area contributed by atoms with Crippen LogP contribution in [0.4, 0.5) is 11.5 Å². The molecule has 3 aromatic rings. The molecule has 2 N–H and O–H groups in total. The van der Waals surface area contributed by atoms with Gasteiger partial charge in [0.15, 0.2) is 0 Å². The van der Waals surface area contributed by atoms with Gasteiger partial charge in [0.05, 0.1) is 5.39 Å². The molecule has 2 heterocycles. The maximum atomic E-state index is 4.48. The summed E-state index contributed by atoms with van der Waals surface area (Å²) in [6, 6.07) is 10.1. The minimum atomic E-state index is 0.744. The predicted octanol–water partition coefficient (Wildman–Crippen LogP) is 4.08. The number of hydrogen-bond acceptors (Lipinski definition) is 3. The molecular formula is C14H13BrN4. The highest BCUT2D eigenvalue weighted by Gasteiger charge is 2.08. The Hall–Kier alpha value is -1.88. The normalized spacial score (nSPS) is 10.9. The number of nitrogens with one attached hydrogen (secondary N) is 2. The van der Waals surface area contributed by atoms with E-state index in [0.717, 1.165) is 38.5 Å². The maximum Gasteiger partial charge on any atom is 0.143 e. The molecule has 3 rings (SSSR count). The lowest BCUT2D eigenvalue weighted by molar-refractivity contribution is 1.08. The molecule has 0 amide bonds. The van der Waals surface area contributed by atoms with Gasteiger partial charge in [-0.15, -0.1) is 0 Å². The zero-order chi connectivity index (χ0) is 13.4. The molecule has 4 nitrogen and oxygen atoms in total. The third-order valence-electron chi connectivity index (χ3n) is 2.84. The van der Waals surface area contributed by atoms with Crippen molar-refractivity contribution >= 4 is 38.5 Å². The smallest absolute Gasteiger partial charge is 0.143 e. The SMILES string of the molecule is Cc1nc(Nc2ccc(Br)cc2)c2cc(C)[nH]c2n1. The van der Waals surface area contributed by atoms with Crippen LogP contribution in [0.3, 0.4) is 0 Å². The van der Waals surface area contributed by atoms with E-state index in [-0.39, 0.29) is 0 Å². The number of hydrogen-bond donors (Lipinski definition) is 2. The van der Waals surface area contributed by atoms with Crippen LogP contribution in [-0.2, 0) is 0 Å². The van der Waals surface area contributed by atoms with Crippen molar-refractivity contribution in [1.29, 1.82) is 0 Å². The highest BCUT2D eigenvalue weighted by Crippen LogP contribution is 2.25. The predicted molar refractivity (Wildman–Crippen MR) is 80.8 cm³/mol. The molecule has 0 spiro atoms. The van der Waals surface area contributed by atoms with Gasteiger partial charge in [-0.2, -0.15) is 0 Å². The molecule has 5 heteroatoms. The van der Waals surface area contributed by atoms with Crippen molar-refractivity contribution in [2.24, 2.45) is 0 Å². The Morgan fingerprint density at radius 3 is 2.58 bits per heavy atom. The number of benzene rings is 1. The second kappa shape index (κ2) is 4.66. The average Bonchev–Trinajstić information content (AvgIpc) is 2.72. The largest absolute Gasteiger partial charge is 0.343 e. The number of anilines is 2. The molecule has 0 atom stereocenters. The monoisotopic (exact) mass is 316 g/mol. The molecule has 2 aromatic heterocycles. The summed E-state index contributed by atoms with van der Waals surface area (Å²) in [6.45, 7) is 3.91. The number of rotatable bonds is 2. The summed E-state index contributed by atoms with van der Waals surface area (Å²) in [5, 5.41) is 4.34. The lowest BCUT2D eigenvalue weighted by Crippen LogP contribution is -1.97. The molecule has 0 aliphatic rings. The summed E-state index contributed by atoms with van der Waals surface area (Å²) < 4.78 is 1.06. The Labute approximate surface area is 119 Å². The Morgan fingerprint density at radius 2 is 1.84 bits per heavy atom. The van der Waals surface area contributed by atoms with Crippen LogP contribution in [-0.4, -0.2) is 15.0 Å². The first-order valence-electron chi connectivity index (χ1n) is 5.98. The van der Waals surface area contributed by atoms with E-state index in [0.29, 0.717) is 0 Å². The Morgan fingerprint density at radius 1 is 1.11 bits per heavy atom. The zero-order valence-electron chi connectivity index (χ0n) is 10.7. The van der Waals surface area contributed by atoms with Gasteiger partial charge in [0.25, 0.3) is 0 Å². The topological polar surface area (TPSA) is 53.6 Å². The Balaban J connectivity index is 2.06. The Bertz CT molecular complexity index is 731. The van der Waals surface area contributed by atoms with E-state index in [1.54, 1.807) is 0 Å². The van der Waals surface area contributed by atoms with Crippen molar-refractivity contribution in [2.45, 2.75) is 13.8 Å². The van der Waals surface area contributed by atoms with Crippen molar-refractivity contribution in [2.75, 3.05) is 5.32 Å². The summed E-state index contributed by atoms with van der Waals surface area (Å²) in [7, 11) is 0. The molecule has 0 saturated heterocycles. The van der Waals surface area contributed by atoms with Crippen molar-refractivity contribution in [1.82, 2.24) is 15.0 Å². The molecule has 0 bridgehead atoms. The third-order valence-corrected chi connectivity index (χ3v) is 3.37. The van der Waals surface area contributed by atoms with Crippen LogP contribution < -0.4 is 5.32 Å². The van der Waals surface area contributed by atoms with Gasteiger partial charge in [0.1, 0.15) is 17.3 Å². The fourth-order valence-corrected chi connectivity index (χ4v) is 2.28. The van der Waals surface area contributed by atoms with Crippen molar-refractivity contribution in [3.63, 3.8) is 0 Å². The van der Waals surface area contributed by atoms with Crippen LogP contribution in [0.25, 0.3) is 11.0 Å². The van der Waals surface area contributed by atoms with Crippen LogP contribution in [0.1, 0.15) is 11.5 Å². The van der Waals surface area contributed by atoms with E-state index in [2.05, 4.69) is 42.3 Å². The van der Waals surface area contributed by atoms with Gasteiger partial charge in [-0.25, -0.2) is 9.97 Å². The Kier molecular flexibility index (Phi) is 2.98. The number of halogens is 1. The van der Waals surface area contributed by atoms with Crippen LogP contribution in [0.5, 0.6) is 0 Å². The van der Waals surface area contributed by atoms with Gasteiger partial charge < -0.3 is 10.3 Å². The molecular weight excluding hydrogens is 304 g/mol. The number of H-pyrrole nitrogens is 1. The van der Waals surface area contributed by atoms with Crippen molar-refractivity contribution in [3.05, 3.63) is 46.3 Å². The molecule has 0 fully saturated rings. The number of nitrogens with zero attached hydrogens (tertiary/aromatic N) is 2. The number of fused-ring (bicyclic) bond motifs is 1. The second-order valence-corrected chi connectivity index (χ2v) is 5.38. The number of aryl methyl sites for hydroxylation is 2. The van der Waals surface area contributed by atoms with Gasteiger partial charge in [-0.3, -0.25) is 0 Å². The van der Waals surface area contributed by atoms with E-state index in [9.17, 15) is 0 Å². The fourth-order valence-electron chi connectivity index (χ4n) is 2.02. The van der Waals surface area contributed by atoms with Crippen LogP contribution in [0.15, 0.2) is 34.8 Å². The maximum absolute atomic E-state index is 4.48. The fraction of sp³-hybridized carbons (Fsp3) is 0.143. The molecule has 1 aromatic carbocycles. The molecule has 96 valence electrons. The van der Waals surface area contributed by atoms with E-state index in [4.69, 9.17) is 0 Å². The lowest BCUT2D eigenvalue weighted by Gasteiger charge is -2.07. The van der Waals surface area contributed by atoms with Crippen LogP contribution in [0.2, 0.25) is 0 Å². The van der Waals surface area contributed by atoms with E-state index in [1.807, 2.05) is 38.1 Å². The summed E-state index contributed by atoms with van der Waals surface area (Å²) in [4.78, 5) is 12.1. The quantitative estimate of drug-likeness (QED) is 0.749. The highest BCUT2D eigenvalue weighted by atomic mass is 79.9. The van der Waals surface area contributed by atoms with E-state index in [1.165, 1.54) is 0 Å². The lowest BCUT2D eigenvalue weighted by atomic mass is 10.3. The third kappa shape index (κ3) is 2.46. The number of aromatic nitrogens is 3. The highest BCUT2D eigenvalue weighted by molar-refractivity contribution is 9.10. The number of aromatic amines is 1. The minimum Gasteiger partial charge on any atom is -0.343 e. The first-order valence-corrected chi connectivity index (χ1v) is 6.78. The molecule has 0 radical (unpaired) electrons. The standard InChI is InChI=1S/C14H13BrN4/c1-8-7-12-13(16-8)17-9(2)18-14(12)19-11-5-3-10(15)4-6-11/h3-7H,1-2H3,(H2,16,17,18,19). The summed E-state index contributed by atoms with van der Waals surface area (Å²) in [5.74, 6) is 1.57.